The van der Waals surface area contributed by atoms with Crippen LogP contribution in [0.3, 0.4) is 0 Å². The molecule has 0 saturated heterocycles. The van der Waals surface area contributed by atoms with Crippen LogP contribution in [0.4, 0.5) is 0 Å². The minimum atomic E-state index is -0.496. The summed E-state index contributed by atoms with van der Waals surface area (Å²) in [6.45, 7) is 7.50. The van der Waals surface area contributed by atoms with Gasteiger partial charge in [-0.15, -0.1) is 6.58 Å². The molecule has 13 heavy (non-hydrogen) atoms. The Morgan fingerprint density at radius 1 is 1.08 bits per heavy atom. The molecular formula is C8H16MoN2O2. The molecule has 4 nitrogen and oxygen atoms in total. The van der Waals surface area contributed by atoms with Crippen LogP contribution in [0, 0.1) is 0 Å². The standard InChI is InChI=1S/C4H8N2O2.C4H8.Mo/c5-3(7)1-2-4(6)8;1-4(2)3;/h1-2H2,(H2,5,7)(H2,6,8);1H2,2-3H3;. The number of rotatable bonds is 3. The molecule has 0 radical (unpaired) electrons. The fourth-order valence-electron chi connectivity index (χ4n) is 0.246. The first kappa shape index (κ1) is 18.2. The van der Waals surface area contributed by atoms with E-state index >= 15 is 0 Å². The monoisotopic (exact) mass is 270 g/mol. The Kier molecular flexibility index (Phi) is 15.9. The van der Waals surface area contributed by atoms with Crippen LogP contribution in [0.2, 0.25) is 0 Å². The van der Waals surface area contributed by atoms with Crippen molar-refractivity contribution >= 4 is 11.8 Å². The van der Waals surface area contributed by atoms with Gasteiger partial charge >= 0.3 is 0 Å². The van der Waals surface area contributed by atoms with E-state index in [0.717, 1.165) is 0 Å². The van der Waals surface area contributed by atoms with Crippen molar-refractivity contribution < 1.29 is 30.7 Å². The molecule has 0 aliphatic heterocycles. The zero-order valence-electron chi connectivity index (χ0n) is 8.00. The summed E-state index contributed by atoms with van der Waals surface area (Å²) in [7, 11) is 0. The molecule has 0 bridgehead atoms. The van der Waals surface area contributed by atoms with Crippen molar-refractivity contribution in [3.05, 3.63) is 12.2 Å². The zero-order chi connectivity index (χ0) is 10.1. The van der Waals surface area contributed by atoms with Gasteiger partial charge in [-0.05, 0) is 13.8 Å². The predicted octanol–water partition coefficient (Wildman–Crippen LogP) is 0.317. The number of primary amides is 2. The van der Waals surface area contributed by atoms with Crippen LogP contribution in [0.5, 0.6) is 0 Å². The molecule has 0 spiro atoms. The van der Waals surface area contributed by atoms with Crippen LogP contribution in [-0.4, -0.2) is 11.8 Å². The molecule has 0 atom stereocenters. The third kappa shape index (κ3) is 52.3. The largest absolute Gasteiger partial charge is 0.370 e. The number of nitrogens with two attached hydrogens (primary N) is 2. The number of hydrogen-bond donors (Lipinski definition) is 2. The van der Waals surface area contributed by atoms with Crippen LogP contribution < -0.4 is 11.5 Å². The van der Waals surface area contributed by atoms with Gasteiger partial charge in [0.1, 0.15) is 0 Å². The van der Waals surface area contributed by atoms with E-state index in [4.69, 9.17) is 11.5 Å². The summed E-state index contributed by atoms with van der Waals surface area (Å²) in [5.74, 6) is -0.993. The zero-order valence-corrected chi connectivity index (χ0v) is 10.0. The van der Waals surface area contributed by atoms with Crippen LogP contribution in [0.1, 0.15) is 26.7 Å². The van der Waals surface area contributed by atoms with E-state index in [0.29, 0.717) is 0 Å². The van der Waals surface area contributed by atoms with Gasteiger partial charge < -0.3 is 11.5 Å². The maximum absolute atomic E-state index is 9.92. The van der Waals surface area contributed by atoms with Gasteiger partial charge in [-0.3, -0.25) is 9.59 Å². The molecule has 5 heteroatoms. The summed E-state index contributed by atoms with van der Waals surface area (Å²) >= 11 is 0. The minimum Gasteiger partial charge on any atom is -0.370 e. The maximum Gasteiger partial charge on any atom is 0.217 e. The van der Waals surface area contributed by atoms with E-state index in [1.807, 2.05) is 13.8 Å². The van der Waals surface area contributed by atoms with Gasteiger partial charge in [0.05, 0.1) is 0 Å². The van der Waals surface area contributed by atoms with Gasteiger partial charge in [-0.1, -0.05) is 5.57 Å². The molecule has 0 rings (SSSR count). The Labute approximate surface area is 93.0 Å². The van der Waals surface area contributed by atoms with Crippen LogP contribution in [0.15, 0.2) is 12.2 Å². The third-order valence-corrected chi connectivity index (χ3v) is 0.618. The number of carbonyl (C=O) groups is 2. The Hall–Kier alpha value is -0.632. The molecule has 0 aliphatic rings. The van der Waals surface area contributed by atoms with Gasteiger partial charge in [-0.25, -0.2) is 0 Å². The number of allylic oxidation sites excluding steroid dienone is 1. The van der Waals surface area contributed by atoms with E-state index in [9.17, 15) is 9.59 Å². The second kappa shape index (κ2) is 11.4. The summed E-state index contributed by atoms with van der Waals surface area (Å²) < 4.78 is 0. The predicted molar refractivity (Wildman–Crippen MR) is 48.1 cm³/mol. The first-order valence-corrected chi connectivity index (χ1v) is 3.55. The minimum absolute atomic E-state index is 0. The van der Waals surface area contributed by atoms with Crippen LogP contribution in [-0.2, 0) is 30.7 Å². The Balaban J connectivity index is -0.000000173. The third-order valence-electron chi connectivity index (χ3n) is 0.618. The number of carbonyl (C=O) groups excluding carboxylic acids is 2. The van der Waals surface area contributed by atoms with Crippen molar-refractivity contribution in [1.82, 2.24) is 0 Å². The molecule has 4 N–H and O–H groups in total. The van der Waals surface area contributed by atoms with Crippen molar-refractivity contribution in [3.8, 4) is 0 Å². The van der Waals surface area contributed by atoms with Crippen molar-refractivity contribution in [1.29, 1.82) is 0 Å². The molecule has 0 saturated carbocycles. The van der Waals surface area contributed by atoms with Crippen molar-refractivity contribution in [2.45, 2.75) is 26.7 Å². The van der Waals surface area contributed by atoms with Gasteiger partial charge in [0.2, 0.25) is 11.8 Å². The quantitative estimate of drug-likeness (QED) is 0.570. The average Bonchev–Trinajstić information content (AvgIpc) is 1.82. The summed E-state index contributed by atoms with van der Waals surface area (Å²) in [6.07, 6.45) is 0.102. The SMILES string of the molecule is C=C(C)C.NC(=O)CCC(N)=O.[Mo]. The van der Waals surface area contributed by atoms with Gasteiger partial charge in [-0.2, -0.15) is 0 Å². The molecular weight excluding hydrogens is 252 g/mol. The molecule has 0 heterocycles. The molecule has 0 unspecified atom stereocenters. The first-order valence-electron chi connectivity index (χ1n) is 3.55. The molecule has 0 aromatic heterocycles. The van der Waals surface area contributed by atoms with E-state index in [1.165, 1.54) is 5.57 Å². The van der Waals surface area contributed by atoms with Crippen molar-refractivity contribution in [2.75, 3.05) is 0 Å². The molecule has 0 aromatic rings. The van der Waals surface area contributed by atoms with E-state index < -0.39 is 11.8 Å². The molecule has 0 aliphatic carbocycles. The van der Waals surface area contributed by atoms with Crippen LogP contribution in [0.25, 0.3) is 0 Å². The van der Waals surface area contributed by atoms with Crippen molar-refractivity contribution in [2.24, 2.45) is 11.5 Å². The normalized spacial score (nSPS) is 7.23. The second-order valence-electron chi connectivity index (χ2n) is 2.64. The maximum atomic E-state index is 9.92. The van der Waals surface area contributed by atoms with Gasteiger partial charge in [0.15, 0.2) is 0 Å². The Morgan fingerprint density at radius 2 is 1.23 bits per heavy atom. The summed E-state index contributed by atoms with van der Waals surface area (Å²) in [6, 6.07) is 0. The van der Waals surface area contributed by atoms with Gasteiger partial charge in [0, 0.05) is 33.9 Å². The smallest absolute Gasteiger partial charge is 0.217 e. The average molecular weight is 268 g/mol. The van der Waals surface area contributed by atoms with Gasteiger partial charge in [0.25, 0.3) is 0 Å². The van der Waals surface area contributed by atoms with E-state index in [-0.39, 0.29) is 33.9 Å². The first-order chi connectivity index (χ1) is 5.36. The fourth-order valence-corrected chi connectivity index (χ4v) is 0.246. The summed E-state index contributed by atoms with van der Waals surface area (Å²) in [5, 5.41) is 0. The molecule has 76 valence electrons. The van der Waals surface area contributed by atoms with Crippen LogP contribution >= 0.6 is 0 Å². The topological polar surface area (TPSA) is 86.2 Å². The number of hydrogen-bond acceptors (Lipinski definition) is 2. The second-order valence-corrected chi connectivity index (χ2v) is 2.64. The molecule has 0 aromatic carbocycles. The van der Waals surface area contributed by atoms with E-state index in [1.54, 1.807) is 0 Å². The molecule has 0 fully saturated rings. The number of amides is 2. The van der Waals surface area contributed by atoms with E-state index in [2.05, 4.69) is 6.58 Å². The summed E-state index contributed by atoms with van der Waals surface area (Å²) in [4.78, 5) is 19.8. The fraction of sp³-hybridized carbons (Fsp3) is 0.500. The Morgan fingerprint density at radius 3 is 1.31 bits per heavy atom. The Bertz CT molecular complexity index is 163. The van der Waals surface area contributed by atoms with Crippen molar-refractivity contribution in [3.63, 3.8) is 0 Å². The molecule has 2 amide bonds. The summed E-state index contributed by atoms with van der Waals surface area (Å²) in [5.41, 5.74) is 10.6.